The van der Waals surface area contributed by atoms with Crippen molar-refractivity contribution in [3.05, 3.63) is 88.1 Å². The van der Waals surface area contributed by atoms with Crippen LogP contribution in [-0.2, 0) is 11.2 Å². The van der Waals surface area contributed by atoms with E-state index in [2.05, 4.69) is 43.0 Å². The van der Waals surface area contributed by atoms with E-state index in [9.17, 15) is 4.79 Å². The van der Waals surface area contributed by atoms with Crippen molar-refractivity contribution in [1.82, 2.24) is 5.32 Å². The number of hydrogen-bond acceptors (Lipinski definition) is 3. The molecular formula is C23H27N2O2S+. The van der Waals surface area contributed by atoms with Gasteiger partial charge in [0.15, 0.2) is 6.61 Å². The third kappa shape index (κ3) is 5.68. The Hall–Kier alpha value is -2.63. The second kappa shape index (κ2) is 10.1. The van der Waals surface area contributed by atoms with E-state index in [4.69, 9.17) is 4.74 Å². The summed E-state index contributed by atoms with van der Waals surface area (Å²) in [7, 11) is 4.21. The Balaban J connectivity index is 1.55. The van der Waals surface area contributed by atoms with Crippen molar-refractivity contribution in [3.8, 4) is 5.75 Å². The maximum atomic E-state index is 12.3. The maximum Gasteiger partial charge on any atom is 0.258 e. The number of nitrogens with one attached hydrogen (secondary N) is 2. The Kier molecular flexibility index (Phi) is 7.23. The van der Waals surface area contributed by atoms with Gasteiger partial charge in [0.25, 0.3) is 5.91 Å². The van der Waals surface area contributed by atoms with E-state index in [-0.39, 0.29) is 18.6 Å². The third-order valence-electron chi connectivity index (χ3n) is 4.66. The SMILES string of the molecule is C[NH+](C)[C@H](CNC(=O)COc1ccccc1Cc1ccccc1)c1cccs1. The van der Waals surface area contributed by atoms with Crippen molar-refractivity contribution in [2.45, 2.75) is 12.5 Å². The molecule has 0 bridgehead atoms. The van der Waals surface area contributed by atoms with Crippen LogP contribution in [0.2, 0.25) is 0 Å². The predicted molar refractivity (Wildman–Crippen MR) is 114 cm³/mol. The number of thiophene rings is 1. The highest BCUT2D eigenvalue weighted by Crippen LogP contribution is 2.21. The van der Waals surface area contributed by atoms with Crippen molar-refractivity contribution in [1.29, 1.82) is 0 Å². The lowest BCUT2D eigenvalue weighted by molar-refractivity contribution is -0.890. The molecule has 0 aliphatic rings. The molecule has 0 saturated heterocycles. The van der Waals surface area contributed by atoms with E-state index in [0.29, 0.717) is 6.54 Å². The minimum Gasteiger partial charge on any atom is -0.483 e. The van der Waals surface area contributed by atoms with Crippen molar-refractivity contribution < 1.29 is 14.4 Å². The number of amides is 1. The zero-order chi connectivity index (χ0) is 19.8. The Morgan fingerprint density at radius 3 is 2.50 bits per heavy atom. The van der Waals surface area contributed by atoms with E-state index in [1.807, 2.05) is 48.5 Å². The Morgan fingerprint density at radius 1 is 1.04 bits per heavy atom. The van der Waals surface area contributed by atoms with Gasteiger partial charge >= 0.3 is 0 Å². The maximum absolute atomic E-state index is 12.3. The van der Waals surface area contributed by atoms with Crippen LogP contribution in [-0.4, -0.2) is 33.2 Å². The molecule has 0 saturated carbocycles. The molecule has 1 aromatic heterocycles. The number of ether oxygens (including phenoxy) is 1. The Labute approximate surface area is 170 Å². The standard InChI is InChI=1S/C23H26N2O2S/c1-25(2)20(22-13-8-14-28-22)16-24-23(26)17-27-21-12-7-6-11-19(21)15-18-9-4-3-5-10-18/h3-14,20H,15-17H2,1-2H3,(H,24,26)/p+1/t20-/m1/s1. The summed E-state index contributed by atoms with van der Waals surface area (Å²) in [4.78, 5) is 14.9. The van der Waals surface area contributed by atoms with E-state index in [1.54, 1.807) is 11.3 Å². The highest BCUT2D eigenvalue weighted by Gasteiger charge is 2.19. The molecule has 0 aliphatic heterocycles. The molecule has 1 heterocycles. The largest absolute Gasteiger partial charge is 0.483 e. The second-order valence-corrected chi connectivity index (χ2v) is 7.99. The average Bonchev–Trinajstić information content (AvgIpc) is 3.22. The number of likely N-dealkylation sites (N-methyl/N-ethyl adjacent to an activating group) is 1. The summed E-state index contributed by atoms with van der Waals surface area (Å²) >= 11 is 1.72. The zero-order valence-corrected chi connectivity index (χ0v) is 17.2. The minimum atomic E-state index is -0.0997. The number of rotatable bonds is 9. The molecule has 5 heteroatoms. The van der Waals surface area contributed by atoms with Crippen molar-refractivity contribution in [2.75, 3.05) is 27.2 Å². The summed E-state index contributed by atoms with van der Waals surface area (Å²) in [5, 5.41) is 5.08. The van der Waals surface area contributed by atoms with Crippen molar-refractivity contribution >= 4 is 17.2 Å². The third-order valence-corrected chi connectivity index (χ3v) is 5.64. The first kappa shape index (κ1) is 20.1. The van der Waals surface area contributed by atoms with E-state index >= 15 is 0 Å². The van der Waals surface area contributed by atoms with Crippen molar-refractivity contribution in [3.63, 3.8) is 0 Å². The molecule has 28 heavy (non-hydrogen) atoms. The van der Waals surface area contributed by atoms with Gasteiger partial charge in [-0.05, 0) is 28.6 Å². The van der Waals surface area contributed by atoms with Gasteiger partial charge in [0, 0.05) is 6.42 Å². The van der Waals surface area contributed by atoms with Crippen LogP contribution in [0.15, 0.2) is 72.1 Å². The van der Waals surface area contributed by atoms with E-state index in [1.165, 1.54) is 15.3 Å². The topological polar surface area (TPSA) is 42.8 Å². The molecule has 3 aromatic rings. The molecule has 3 rings (SSSR count). The molecule has 146 valence electrons. The summed E-state index contributed by atoms with van der Waals surface area (Å²) in [6, 6.07) is 22.6. The first-order valence-electron chi connectivity index (χ1n) is 9.48. The summed E-state index contributed by atoms with van der Waals surface area (Å²) in [6.07, 6.45) is 0.781. The lowest BCUT2D eigenvalue weighted by Gasteiger charge is -2.20. The number of benzene rings is 2. The average molecular weight is 396 g/mol. The molecule has 0 unspecified atom stereocenters. The van der Waals surface area contributed by atoms with Crippen molar-refractivity contribution in [2.24, 2.45) is 0 Å². The normalized spacial score (nSPS) is 12.0. The van der Waals surface area contributed by atoms with Gasteiger partial charge in [-0.3, -0.25) is 4.79 Å². The molecule has 1 atom stereocenters. The van der Waals surface area contributed by atoms with Crippen LogP contribution in [0, 0.1) is 0 Å². The highest BCUT2D eigenvalue weighted by atomic mass is 32.1. The van der Waals surface area contributed by atoms with Gasteiger partial charge in [-0.15, -0.1) is 11.3 Å². The lowest BCUT2D eigenvalue weighted by Crippen LogP contribution is -3.06. The van der Waals surface area contributed by atoms with E-state index < -0.39 is 0 Å². The number of quaternary nitrogens is 1. The van der Waals surface area contributed by atoms with E-state index in [0.717, 1.165) is 17.7 Å². The molecule has 4 nitrogen and oxygen atoms in total. The fourth-order valence-corrected chi connectivity index (χ4v) is 4.05. The van der Waals surface area contributed by atoms with Crippen LogP contribution in [0.5, 0.6) is 5.75 Å². The van der Waals surface area contributed by atoms with Gasteiger partial charge in [0.1, 0.15) is 11.8 Å². The number of carbonyl (C=O) groups is 1. The molecule has 2 N–H and O–H groups in total. The van der Waals surface area contributed by atoms with Crippen LogP contribution < -0.4 is 15.0 Å². The highest BCUT2D eigenvalue weighted by molar-refractivity contribution is 7.10. The second-order valence-electron chi connectivity index (χ2n) is 7.01. The monoisotopic (exact) mass is 395 g/mol. The van der Waals surface area contributed by atoms with Crippen LogP contribution in [0.3, 0.4) is 0 Å². The van der Waals surface area contributed by atoms with Gasteiger partial charge in [0.2, 0.25) is 0 Å². The smallest absolute Gasteiger partial charge is 0.258 e. The summed E-state index contributed by atoms with van der Waals surface area (Å²) in [5.41, 5.74) is 2.30. The van der Waals surface area contributed by atoms with Gasteiger partial charge in [0.05, 0.1) is 25.5 Å². The summed E-state index contributed by atoms with van der Waals surface area (Å²) < 4.78 is 5.84. The molecule has 0 spiro atoms. The molecule has 0 fully saturated rings. The minimum absolute atomic E-state index is 0.0196. The summed E-state index contributed by atoms with van der Waals surface area (Å²) in [6.45, 7) is 0.614. The number of para-hydroxylation sites is 1. The lowest BCUT2D eigenvalue weighted by atomic mass is 10.0. The fourth-order valence-electron chi connectivity index (χ4n) is 3.10. The number of carbonyl (C=O) groups excluding carboxylic acids is 1. The molecular weight excluding hydrogens is 368 g/mol. The van der Waals surface area contributed by atoms with Crippen LogP contribution >= 0.6 is 11.3 Å². The Bertz CT molecular complexity index is 863. The first-order chi connectivity index (χ1) is 13.6. The Morgan fingerprint density at radius 2 is 1.79 bits per heavy atom. The molecule has 2 aromatic carbocycles. The molecule has 1 amide bonds. The van der Waals surface area contributed by atoms with Crippen LogP contribution in [0.25, 0.3) is 0 Å². The molecule has 0 radical (unpaired) electrons. The van der Waals surface area contributed by atoms with Gasteiger partial charge < -0.3 is 15.0 Å². The van der Waals surface area contributed by atoms with Gasteiger partial charge in [-0.25, -0.2) is 0 Å². The molecule has 0 aliphatic carbocycles. The zero-order valence-electron chi connectivity index (χ0n) is 16.4. The number of hydrogen-bond donors (Lipinski definition) is 2. The summed E-state index contributed by atoms with van der Waals surface area (Å²) in [5.74, 6) is 0.659. The van der Waals surface area contributed by atoms with Crippen LogP contribution in [0.4, 0.5) is 0 Å². The quantitative estimate of drug-likeness (QED) is 0.585. The predicted octanol–water partition coefficient (Wildman–Crippen LogP) is 2.72. The van der Waals surface area contributed by atoms with Crippen LogP contribution in [0.1, 0.15) is 22.0 Å². The van der Waals surface area contributed by atoms with Gasteiger partial charge in [-0.2, -0.15) is 0 Å². The van der Waals surface area contributed by atoms with Gasteiger partial charge in [-0.1, -0.05) is 54.6 Å². The first-order valence-corrected chi connectivity index (χ1v) is 10.4. The fraction of sp³-hybridized carbons (Fsp3) is 0.261.